The Kier molecular flexibility index (Phi) is 33.2. The van der Waals surface area contributed by atoms with Gasteiger partial charge in [-0.05, 0) is 65.3 Å². The lowest BCUT2D eigenvalue weighted by Crippen LogP contribution is -2.70. The fourth-order valence-corrected chi connectivity index (χ4v) is 15.2. The predicted molar refractivity (Wildman–Crippen MR) is 435 cm³/mol. The van der Waals surface area contributed by atoms with E-state index in [4.69, 9.17) is 120 Å². The van der Waals surface area contributed by atoms with Crippen LogP contribution in [0.4, 0.5) is 0 Å². The molecule has 0 unspecified atom stereocenters. The predicted octanol–water partition coefficient (Wildman–Crippen LogP) is 11.7. The monoisotopic (exact) mass is 1680 g/mol. The first-order chi connectivity index (χ1) is 57.5. The number of hydrogen-bond donors (Lipinski definition) is 5. The molecule has 27 heteroatoms. The summed E-state index contributed by atoms with van der Waals surface area (Å²) < 4.78 is 126. The van der Waals surface area contributed by atoms with Crippen molar-refractivity contribution < 1.29 is 110 Å². The largest absolute Gasteiger partial charge is 0.394 e. The van der Waals surface area contributed by atoms with Gasteiger partial charge in [-0.1, -0.05) is 284 Å². The van der Waals surface area contributed by atoms with E-state index in [0.29, 0.717) is 0 Å². The van der Waals surface area contributed by atoms with Crippen LogP contribution in [-0.4, -0.2) is 203 Å². The normalized spacial score (nSPS) is 31.3. The van der Waals surface area contributed by atoms with Gasteiger partial charge in [0, 0.05) is 0 Å². The summed E-state index contributed by atoms with van der Waals surface area (Å²) >= 11 is 19.0. The van der Waals surface area contributed by atoms with Crippen LogP contribution < -0.4 is 5.32 Å². The first-order valence-electron chi connectivity index (χ1n) is 39.8. The van der Waals surface area contributed by atoms with Crippen molar-refractivity contribution in [2.24, 2.45) is 0 Å². The molecule has 25 atom stereocenters. The average Bonchev–Trinajstić information content (AvgIpc) is 0.754. The molecule has 0 aromatic heterocycles. The molecule has 118 heavy (non-hydrogen) atoms. The number of aliphatic hydroxyl groups is 4. The van der Waals surface area contributed by atoms with Crippen molar-refractivity contribution >= 4 is 40.7 Å². The van der Waals surface area contributed by atoms with Crippen LogP contribution in [0.25, 0.3) is 0 Å². The number of alkyl halides is 3. The lowest BCUT2D eigenvalue weighted by atomic mass is 9.94. The number of ether oxygens (including phenoxy) is 18. The Balaban J connectivity index is 0.989. The van der Waals surface area contributed by atoms with Crippen LogP contribution in [0, 0.1) is 0 Å². The van der Waals surface area contributed by atoms with Crippen LogP contribution in [0.3, 0.4) is 0 Å². The molecule has 0 aliphatic carbocycles. The fourth-order valence-electron chi connectivity index (χ4n) is 15.1. The van der Waals surface area contributed by atoms with Crippen molar-refractivity contribution in [1.29, 1.82) is 0 Å². The van der Waals surface area contributed by atoms with Crippen LogP contribution in [-0.2, 0) is 143 Å². The van der Waals surface area contributed by atoms with Gasteiger partial charge in [0.15, 0.2) is 31.5 Å². The number of rotatable bonds is 38. The summed E-state index contributed by atoms with van der Waals surface area (Å²) in [5.74, 6) is -1.26. The van der Waals surface area contributed by atoms with Gasteiger partial charge in [0.2, 0.25) is 0 Å². The van der Waals surface area contributed by atoms with Crippen LogP contribution >= 0.6 is 34.8 Å². The van der Waals surface area contributed by atoms with Gasteiger partial charge in [0.05, 0.1) is 91.0 Å². The maximum atomic E-state index is 14.2. The molecule has 0 bridgehead atoms. The van der Waals surface area contributed by atoms with Gasteiger partial charge < -0.3 is 111 Å². The van der Waals surface area contributed by atoms with E-state index in [0.717, 1.165) is 44.5 Å². The smallest absolute Gasteiger partial charge is 0.272 e. The third-order valence-corrected chi connectivity index (χ3v) is 21.7. The summed E-state index contributed by atoms with van der Waals surface area (Å²) in [6.45, 7) is 8.50. The number of benzene rings is 8. The van der Waals surface area contributed by atoms with E-state index in [2.05, 4.69) is 11.9 Å². The molecule has 632 valence electrons. The molecule has 0 spiro atoms. The van der Waals surface area contributed by atoms with Crippen molar-refractivity contribution in [3.05, 3.63) is 300 Å². The Bertz CT molecular complexity index is 4230. The molecule has 24 nitrogen and oxygen atoms in total. The standard InChI is InChI=1S/C91H104Cl3NO23/c1-5-46-102-86-73(99)78(74(57(2)110-86)103-49-61-32-16-7-17-33-61)115-88-83(79(107-53-65-40-24-11-25-41-65)75(58(3)111-88)104-50-62-34-18-8-19-35-62)118-89-84(117-85-70(95-90(100)91(92,93)94)72(98)71(97)68(47-96)113-85)81(76(59(4)112-89)105-51-63-36-20-9-21-37-63)116-87-82(109-55-67-44-28-13-29-45-67)80(108-54-66-42-26-12-27-43-66)77(106-52-64-38-22-10-23-39-64)69(114-87)56-101-48-60-30-14-6-15-31-60/h5-45,57-59,68-89,96-99H,1,46-56H2,2-4H3,(H,95,100)/t57-,58-,59-,68+,69+,70+,71+,72+,73+,74-,75-,76-,77+,78-,79+,80-,81+,82+,83+,84+,85-,86+,87+,88-,89-/m0/s1. The Morgan fingerprint density at radius 1 is 0.356 bits per heavy atom. The van der Waals surface area contributed by atoms with E-state index in [1.807, 2.05) is 250 Å². The van der Waals surface area contributed by atoms with Gasteiger partial charge in [0.1, 0.15) is 104 Å². The number of hydrogen-bond acceptors (Lipinski definition) is 23. The number of halogens is 3. The highest BCUT2D eigenvalue weighted by molar-refractivity contribution is 6.76. The van der Waals surface area contributed by atoms with Crippen LogP contribution in [0.5, 0.6) is 0 Å². The van der Waals surface area contributed by atoms with E-state index < -0.39 is 170 Å². The van der Waals surface area contributed by atoms with E-state index in [-0.39, 0.29) is 66.1 Å². The molecule has 5 heterocycles. The maximum absolute atomic E-state index is 14.2. The zero-order chi connectivity index (χ0) is 82.3. The van der Waals surface area contributed by atoms with Gasteiger partial charge in [-0.25, -0.2) is 0 Å². The summed E-state index contributed by atoms with van der Waals surface area (Å²) in [4.78, 5) is 14.2. The van der Waals surface area contributed by atoms with Crippen molar-refractivity contribution in [3.63, 3.8) is 0 Å². The van der Waals surface area contributed by atoms with Crippen molar-refractivity contribution in [1.82, 2.24) is 5.32 Å². The number of nitrogens with one attached hydrogen (secondary N) is 1. The minimum absolute atomic E-state index is 0.0135. The van der Waals surface area contributed by atoms with Crippen molar-refractivity contribution in [2.45, 2.75) is 231 Å². The Morgan fingerprint density at radius 2 is 0.661 bits per heavy atom. The molecule has 8 aromatic carbocycles. The molecule has 13 rings (SSSR count). The number of aliphatic hydroxyl groups excluding tert-OH is 4. The minimum Gasteiger partial charge on any atom is -0.394 e. The molecule has 0 radical (unpaired) electrons. The highest BCUT2D eigenvalue weighted by Crippen LogP contribution is 2.42. The van der Waals surface area contributed by atoms with Crippen LogP contribution in [0.15, 0.2) is 255 Å². The van der Waals surface area contributed by atoms with Crippen molar-refractivity contribution in [3.8, 4) is 0 Å². The van der Waals surface area contributed by atoms with E-state index in [1.165, 1.54) is 6.08 Å². The zero-order valence-corrected chi connectivity index (χ0v) is 68.0. The Morgan fingerprint density at radius 3 is 1.06 bits per heavy atom. The summed E-state index contributed by atoms with van der Waals surface area (Å²) in [5, 5.41) is 50.7. The van der Waals surface area contributed by atoms with Crippen molar-refractivity contribution in [2.75, 3.05) is 19.8 Å². The Hall–Kier alpha value is -7.04. The number of carbonyl (C=O) groups excluding carboxylic acids is 1. The summed E-state index contributed by atoms with van der Waals surface area (Å²) in [5.41, 5.74) is 6.47. The molecule has 0 saturated carbocycles. The SMILES string of the molecule is C=CCO[C@@H]1O[C@@H](C)[C@H](OCc2ccccc2)[C@@H](O[C@@H]2O[C@@H](C)[C@H](OCc3ccccc3)[C@@H](OCc3ccccc3)[C@H]2O[C@@H]2O[C@@H](C)[C@H](OCc3ccccc3)[C@@H](O[C@H]3O[C@H](COCc4ccccc4)[C@@H](OCc4ccccc4)[C@H](OCc4ccccc4)[C@H]3OCc3ccccc3)[C@H]2O[C@@H]2O[C@H](CO)[C@@H](O)[C@H](O)[C@H]2NC(=O)C(Cl)(Cl)Cl)[C@H]1O. The first kappa shape index (κ1) is 88.7. The summed E-state index contributed by atoms with van der Waals surface area (Å²) in [7, 11) is 0. The first-order valence-corrected chi connectivity index (χ1v) is 40.9. The number of amides is 1. The zero-order valence-electron chi connectivity index (χ0n) is 65.8. The van der Waals surface area contributed by atoms with E-state index >= 15 is 0 Å². The fraction of sp³-hybridized carbons (Fsp3) is 0.440. The van der Waals surface area contributed by atoms with Gasteiger partial charge in [-0.3, -0.25) is 4.79 Å². The van der Waals surface area contributed by atoms with Crippen LogP contribution in [0.1, 0.15) is 65.3 Å². The van der Waals surface area contributed by atoms with Gasteiger partial charge in [-0.15, -0.1) is 6.58 Å². The van der Waals surface area contributed by atoms with E-state index in [9.17, 15) is 25.2 Å². The molecule has 5 fully saturated rings. The summed E-state index contributed by atoms with van der Waals surface area (Å²) in [6.07, 6.45) is -31.8. The summed E-state index contributed by atoms with van der Waals surface area (Å²) in [6, 6.07) is 74.6. The molecule has 5 N–H and O–H groups in total. The van der Waals surface area contributed by atoms with Gasteiger partial charge >= 0.3 is 0 Å². The second-order valence-electron chi connectivity index (χ2n) is 29.7. The highest BCUT2D eigenvalue weighted by Gasteiger charge is 2.60. The molecule has 5 aliphatic heterocycles. The third-order valence-electron chi connectivity index (χ3n) is 21.2. The van der Waals surface area contributed by atoms with Crippen LogP contribution in [0.2, 0.25) is 0 Å². The maximum Gasteiger partial charge on any atom is 0.272 e. The topological polar surface area (TPSA) is 276 Å². The third kappa shape index (κ3) is 24.0. The minimum atomic E-state index is -2.67. The Labute approximate surface area is 703 Å². The molecular formula is C91H104Cl3NO23. The quantitative estimate of drug-likeness (QED) is 0.0178. The average molecular weight is 1690 g/mol. The highest BCUT2D eigenvalue weighted by atomic mass is 35.6. The second-order valence-corrected chi connectivity index (χ2v) is 32.0. The lowest BCUT2D eigenvalue weighted by molar-refractivity contribution is -0.415. The van der Waals surface area contributed by atoms with E-state index in [1.54, 1.807) is 13.8 Å². The van der Waals surface area contributed by atoms with Gasteiger partial charge in [-0.2, -0.15) is 0 Å². The lowest BCUT2D eigenvalue weighted by Gasteiger charge is -2.53. The molecule has 5 saturated heterocycles. The molecule has 1 amide bonds. The number of carbonyl (C=O) groups is 1. The molecular weight excluding hydrogens is 1580 g/mol. The van der Waals surface area contributed by atoms with Gasteiger partial charge in [0.25, 0.3) is 9.70 Å². The second kappa shape index (κ2) is 44.1. The molecule has 8 aromatic rings. The molecule has 5 aliphatic rings.